The van der Waals surface area contributed by atoms with E-state index in [1.807, 2.05) is 0 Å². The van der Waals surface area contributed by atoms with Crippen molar-refractivity contribution in [3.05, 3.63) is 261 Å². The Labute approximate surface area is 369 Å². The second kappa shape index (κ2) is 16.7. The molecule has 296 valence electrons. The normalized spacial score (nSPS) is 11.2. The van der Waals surface area contributed by atoms with Gasteiger partial charge in [0, 0.05) is 17.1 Å². The minimum absolute atomic E-state index is 1.08. The van der Waals surface area contributed by atoms with Gasteiger partial charge in [-0.15, -0.1) is 0 Å². The lowest BCUT2D eigenvalue weighted by Crippen LogP contribution is -2.10. The average Bonchev–Trinajstić information content (AvgIpc) is 3.37. The molecule has 1 heteroatoms. The highest BCUT2D eigenvalue weighted by molar-refractivity contribution is 6.22. The lowest BCUT2D eigenvalue weighted by atomic mass is 9.85. The highest BCUT2D eigenvalue weighted by Gasteiger charge is 2.21. The molecular formula is C62H43N. The van der Waals surface area contributed by atoms with Gasteiger partial charge in [-0.05, 0) is 125 Å². The third kappa shape index (κ3) is 7.26. The predicted octanol–water partition coefficient (Wildman–Crippen LogP) is 17.5. The van der Waals surface area contributed by atoms with Crippen molar-refractivity contribution < 1.29 is 0 Å². The van der Waals surface area contributed by atoms with Gasteiger partial charge in [0.05, 0.1) is 0 Å². The van der Waals surface area contributed by atoms with Gasteiger partial charge in [-0.2, -0.15) is 0 Å². The van der Waals surface area contributed by atoms with Crippen molar-refractivity contribution in [3.8, 4) is 66.8 Å². The first kappa shape index (κ1) is 37.7. The van der Waals surface area contributed by atoms with Crippen LogP contribution in [0.25, 0.3) is 88.3 Å². The molecule has 0 aliphatic heterocycles. The summed E-state index contributed by atoms with van der Waals surface area (Å²) in [6, 6.07) is 94.6. The third-order valence-corrected chi connectivity index (χ3v) is 12.3. The van der Waals surface area contributed by atoms with Crippen molar-refractivity contribution in [1.82, 2.24) is 0 Å². The first-order valence-electron chi connectivity index (χ1n) is 21.7. The Hall–Kier alpha value is -8.26. The molecule has 0 atom stereocenters. The molecule has 0 amide bonds. The fourth-order valence-corrected chi connectivity index (χ4v) is 9.26. The Morgan fingerprint density at radius 3 is 1.06 bits per heavy atom. The number of benzene rings is 11. The van der Waals surface area contributed by atoms with E-state index in [-0.39, 0.29) is 0 Å². The molecule has 1 nitrogen and oxygen atoms in total. The van der Waals surface area contributed by atoms with Gasteiger partial charge >= 0.3 is 0 Å². The van der Waals surface area contributed by atoms with Gasteiger partial charge in [0.2, 0.25) is 0 Å². The Morgan fingerprint density at radius 2 is 0.540 bits per heavy atom. The van der Waals surface area contributed by atoms with Gasteiger partial charge in [0.15, 0.2) is 0 Å². The zero-order chi connectivity index (χ0) is 42.0. The Kier molecular flexibility index (Phi) is 9.97. The maximum absolute atomic E-state index is 2.42. The van der Waals surface area contributed by atoms with Crippen molar-refractivity contribution in [2.75, 3.05) is 4.90 Å². The summed E-state index contributed by atoms with van der Waals surface area (Å²) < 4.78 is 0. The third-order valence-electron chi connectivity index (χ3n) is 12.3. The van der Waals surface area contributed by atoms with Gasteiger partial charge in [-0.3, -0.25) is 0 Å². The van der Waals surface area contributed by atoms with Crippen molar-refractivity contribution in [3.63, 3.8) is 0 Å². The quantitative estimate of drug-likeness (QED) is 0.131. The van der Waals surface area contributed by atoms with Crippen LogP contribution < -0.4 is 4.90 Å². The topological polar surface area (TPSA) is 3.24 Å². The van der Waals surface area contributed by atoms with E-state index in [1.54, 1.807) is 0 Å². The van der Waals surface area contributed by atoms with Gasteiger partial charge in [0.1, 0.15) is 0 Å². The van der Waals surface area contributed by atoms with E-state index in [9.17, 15) is 0 Å². The van der Waals surface area contributed by atoms with E-state index >= 15 is 0 Å². The molecule has 0 radical (unpaired) electrons. The van der Waals surface area contributed by atoms with Crippen LogP contribution in [0.3, 0.4) is 0 Å². The van der Waals surface area contributed by atoms with Gasteiger partial charge in [-0.1, -0.05) is 224 Å². The molecule has 11 aromatic carbocycles. The summed E-state index contributed by atoms with van der Waals surface area (Å²) in [7, 11) is 0. The summed E-state index contributed by atoms with van der Waals surface area (Å²) in [5.74, 6) is 0. The maximum Gasteiger partial charge on any atom is 0.0468 e. The molecule has 0 fully saturated rings. The lowest BCUT2D eigenvalue weighted by Gasteiger charge is -2.28. The SMILES string of the molecule is c1ccc(-c2ccc(-c3ccc(N(c4ccc(-c5ccccc5)c(-c5ccccc5)c4)c4ccc5c(-c6ccccc6)c(-c6ccccc6)c6ccccc6c5c4)cc3)cc2)cc1. The molecule has 0 saturated heterocycles. The van der Waals surface area contributed by atoms with Crippen molar-refractivity contribution in [1.29, 1.82) is 0 Å². The van der Waals surface area contributed by atoms with Crippen LogP contribution in [-0.4, -0.2) is 0 Å². The smallest absolute Gasteiger partial charge is 0.0468 e. The number of hydrogen-bond acceptors (Lipinski definition) is 1. The van der Waals surface area contributed by atoms with E-state index in [4.69, 9.17) is 0 Å². The van der Waals surface area contributed by atoms with Crippen molar-refractivity contribution in [2.45, 2.75) is 0 Å². The fourth-order valence-electron chi connectivity index (χ4n) is 9.26. The molecule has 11 aromatic rings. The van der Waals surface area contributed by atoms with Crippen LogP contribution in [0, 0.1) is 0 Å². The summed E-state index contributed by atoms with van der Waals surface area (Å²) in [5, 5.41) is 4.90. The molecule has 0 aliphatic carbocycles. The molecule has 0 aliphatic rings. The fraction of sp³-hybridized carbons (Fsp3) is 0. The molecule has 0 unspecified atom stereocenters. The minimum atomic E-state index is 1.08. The van der Waals surface area contributed by atoms with Crippen LogP contribution in [0.1, 0.15) is 0 Å². The summed E-state index contributed by atoms with van der Waals surface area (Å²) >= 11 is 0. The monoisotopic (exact) mass is 801 g/mol. The Bertz CT molecular complexity index is 3320. The van der Waals surface area contributed by atoms with E-state index < -0.39 is 0 Å². The summed E-state index contributed by atoms with van der Waals surface area (Å²) in [6.07, 6.45) is 0. The minimum Gasteiger partial charge on any atom is -0.310 e. The van der Waals surface area contributed by atoms with Crippen LogP contribution in [0.2, 0.25) is 0 Å². The molecule has 11 rings (SSSR count). The molecule has 0 N–H and O–H groups in total. The Morgan fingerprint density at radius 1 is 0.190 bits per heavy atom. The molecule has 0 bridgehead atoms. The van der Waals surface area contributed by atoms with Crippen LogP contribution in [0.15, 0.2) is 261 Å². The van der Waals surface area contributed by atoms with E-state index in [0.29, 0.717) is 0 Å². The summed E-state index contributed by atoms with van der Waals surface area (Å²) in [4.78, 5) is 2.42. The van der Waals surface area contributed by atoms with Gasteiger partial charge in [0.25, 0.3) is 0 Å². The second-order valence-corrected chi connectivity index (χ2v) is 16.0. The predicted molar refractivity (Wildman–Crippen MR) is 269 cm³/mol. The summed E-state index contributed by atoms with van der Waals surface area (Å²) in [5.41, 5.74) is 17.7. The highest BCUT2D eigenvalue weighted by Crippen LogP contribution is 2.47. The van der Waals surface area contributed by atoms with E-state index in [0.717, 1.165) is 17.1 Å². The molecule has 0 spiro atoms. The largest absolute Gasteiger partial charge is 0.310 e. The number of rotatable bonds is 9. The van der Waals surface area contributed by atoms with Gasteiger partial charge in [-0.25, -0.2) is 0 Å². The van der Waals surface area contributed by atoms with Crippen LogP contribution in [-0.2, 0) is 0 Å². The van der Waals surface area contributed by atoms with Crippen molar-refractivity contribution >= 4 is 38.6 Å². The first-order chi connectivity index (χ1) is 31.3. The lowest BCUT2D eigenvalue weighted by molar-refractivity contribution is 1.29. The maximum atomic E-state index is 2.42. The van der Waals surface area contributed by atoms with Crippen LogP contribution in [0.5, 0.6) is 0 Å². The number of anilines is 3. The van der Waals surface area contributed by atoms with E-state index in [1.165, 1.54) is 88.3 Å². The Balaban J connectivity index is 1.12. The zero-order valence-electron chi connectivity index (χ0n) is 34.8. The zero-order valence-corrected chi connectivity index (χ0v) is 34.8. The van der Waals surface area contributed by atoms with E-state index in [2.05, 4.69) is 266 Å². The second-order valence-electron chi connectivity index (χ2n) is 16.0. The van der Waals surface area contributed by atoms with Crippen molar-refractivity contribution in [2.24, 2.45) is 0 Å². The van der Waals surface area contributed by atoms with Crippen LogP contribution in [0.4, 0.5) is 17.1 Å². The van der Waals surface area contributed by atoms with Crippen LogP contribution >= 0.6 is 0 Å². The molecular weight excluding hydrogens is 759 g/mol. The molecule has 63 heavy (non-hydrogen) atoms. The van der Waals surface area contributed by atoms with Gasteiger partial charge < -0.3 is 4.90 Å². The average molecular weight is 802 g/mol. The number of fused-ring (bicyclic) bond motifs is 3. The molecule has 0 saturated carbocycles. The molecule has 0 aromatic heterocycles. The number of hydrogen-bond donors (Lipinski definition) is 0. The molecule has 0 heterocycles. The summed E-state index contributed by atoms with van der Waals surface area (Å²) in [6.45, 7) is 0. The number of nitrogens with zero attached hydrogens (tertiary/aromatic N) is 1. The standard InChI is InChI=1S/C62H43N/c1-6-18-44(19-7-1)45-30-32-46(33-31-45)47-34-36-52(37-35-47)63(53-38-40-55(48-20-8-2-9-21-48)59(42-53)49-22-10-3-11-23-49)54-39-41-58-60(43-54)56-28-16-17-29-57(56)61(50-24-12-4-13-25-50)62(58)51-26-14-5-15-27-51/h1-43H. The first-order valence-corrected chi connectivity index (χ1v) is 21.7. The highest BCUT2D eigenvalue weighted by atomic mass is 15.1.